The summed E-state index contributed by atoms with van der Waals surface area (Å²) in [5.74, 6) is 2.31. The fourth-order valence-corrected chi connectivity index (χ4v) is 3.47. The van der Waals surface area contributed by atoms with E-state index < -0.39 is 0 Å². The van der Waals surface area contributed by atoms with Gasteiger partial charge in [0.15, 0.2) is 0 Å². The number of hydrogen-bond donors (Lipinski definition) is 0. The predicted octanol–water partition coefficient (Wildman–Crippen LogP) is 2.06. The molecule has 1 aromatic rings. The summed E-state index contributed by atoms with van der Waals surface area (Å²) < 4.78 is 7.72. The summed E-state index contributed by atoms with van der Waals surface area (Å²) in [6, 6.07) is 8.40. The second-order valence-electron chi connectivity index (χ2n) is 3.87. The average molecular weight is 224 g/mol. The number of nitrogens with zero attached hydrogens (tertiary/aromatic N) is 1. The molecule has 2 rings (SSSR count). The minimum absolute atomic E-state index is 0.484. The Morgan fingerprint density at radius 1 is 1.33 bits per heavy atom. The average Bonchev–Trinajstić information content (AvgIpc) is 2.66. The monoisotopic (exact) mass is 224 g/mol. The molecule has 0 aliphatic carbocycles. The highest BCUT2D eigenvalue weighted by atomic mass is 32.2. The predicted molar refractivity (Wildman–Crippen MR) is 66.2 cm³/mol. The van der Waals surface area contributed by atoms with E-state index in [4.69, 9.17) is 4.74 Å². The summed E-state index contributed by atoms with van der Waals surface area (Å²) in [4.78, 5) is 0. The summed E-state index contributed by atoms with van der Waals surface area (Å²) in [6.45, 7) is 2.34. The van der Waals surface area contributed by atoms with Gasteiger partial charge in [-0.05, 0) is 17.7 Å². The second kappa shape index (κ2) is 4.90. The zero-order valence-corrected chi connectivity index (χ0v) is 10.2. The van der Waals surface area contributed by atoms with Gasteiger partial charge < -0.3 is 4.74 Å². The van der Waals surface area contributed by atoms with E-state index in [2.05, 4.69) is 22.7 Å². The van der Waals surface area contributed by atoms with Crippen molar-refractivity contribution in [3.05, 3.63) is 29.8 Å². The van der Waals surface area contributed by atoms with Crippen LogP contribution in [-0.2, 0) is 17.6 Å². The summed E-state index contributed by atoms with van der Waals surface area (Å²) in [7, 11) is 1.71. The molecule has 0 saturated carbocycles. The van der Waals surface area contributed by atoms with Crippen LogP contribution in [-0.4, -0.2) is 30.0 Å². The molecule has 1 heterocycles. The van der Waals surface area contributed by atoms with Crippen LogP contribution in [0.25, 0.3) is 0 Å². The number of benzene rings is 1. The molecule has 0 bridgehead atoms. The lowest BCUT2D eigenvalue weighted by atomic mass is 10.2. The molecule has 0 spiro atoms. The van der Waals surface area contributed by atoms with Gasteiger partial charge in [-0.25, -0.2) is 0 Å². The van der Waals surface area contributed by atoms with Crippen molar-refractivity contribution in [3.63, 3.8) is 0 Å². The van der Waals surface area contributed by atoms with E-state index in [1.54, 1.807) is 7.11 Å². The molecule has 1 unspecified atom stereocenters. The highest BCUT2D eigenvalue weighted by Crippen LogP contribution is 2.19. The highest BCUT2D eigenvalue weighted by molar-refractivity contribution is 7.94. The Bertz CT molecular complexity index is 312. The Kier molecular flexibility index (Phi) is 3.54. The third-order valence-electron chi connectivity index (χ3n) is 2.81. The minimum Gasteiger partial charge on any atom is -0.497 e. The smallest absolute Gasteiger partial charge is 0.128 e. The number of ether oxygens (including phenoxy) is 1. The normalized spacial score (nSPS) is 21.9. The maximum atomic E-state index is 5.15. The molecule has 3 heteroatoms. The molecule has 2 nitrogen and oxygen atoms in total. The van der Waals surface area contributed by atoms with E-state index in [1.807, 2.05) is 12.1 Å². The molecule has 1 aliphatic rings. The van der Waals surface area contributed by atoms with Gasteiger partial charge in [-0.2, -0.15) is 0 Å². The van der Waals surface area contributed by atoms with Crippen LogP contribution in [0.3, 0.4) is 0 Å². The van der Waals surface area contributed by atoms with Crippen molar-refractivity contribution in [1.29, 1.82) is 0 Å². The summed E-state index contributed by atoms with van der Waals surface area (Å²) >= 11 is 0.484. The van der Waals surface area contributed by atoms with Crippen LogP contribution >= 0.6 is 0 Å². The maximum absolute atomic E-state index is 5.15. The van der Waals surface area contributed by atoms with Crippen molar-refractivity contribution in [1.82, 2.24) is 4.31 Å². The van der Waals surface area contributed by atoms with Gasteiger partial charge in [0.1, 0.15) is 17.8 Å². The van der Waals surface area contributed by atoms with Crippen molar-refractivity contribution in [2.45, 2.75) is 13.0 Å². The van der Waals surface area contributed by atoms with Crippen LogP contribution in [0.15, 0.2) is 24.3 Å². The molecule has 1 aliphatic heterocycles. The van der Waals surface area contributed by atoms with Gasteiger partial charge in [-0.1, -0.05) is 12.1 Å². The lowest BCUT2D eigenvalue weighted by Gasteiger charge is -2.11. The lowest BCUT2D eigenvalue weighted by molar-refractivity contribution is 0.414. The van der Waals surface area contributed by atoms with E-state index in [1.165, 1.54) is 24.3 Å². The van der Waals surface area contributed by atoms with Crippen molar-refractivity contribution in [3.8, 4) is 5.75 Å². The van der Waals surface area contributed by atoms with E-state index >= 15 is 0 Å². The fraction of sp³-hybridized carbons (Fsp3) is 0.500. The van der Waals surface area contributed by atoms with Crippen molar-refractivity contribution in [2.75, 3.05) is 25.7 Å². The Morgan fingerprint density at radius 3 is 2.60 bits per heavy atom. The maximum Gasteiger partial charge on any atom is 0.128 e. The first kappa shape index (κ1) is 10.8. The molecule has 82 valence electrons. The van der Waals surface area contributed by atoms with Gasteiger partial charge in [-0.15, -0.1) is 4.31 Å². The number of rotatable bonds is 3. The fourth-order valence-electron chi connectivity index (χ4n) is 1.86. The quantitative estimate of drug-likeness (QED) is 0.729. The van der Waals surface area contributed by atoms with Gasteiger partial charge in [0.2, 0.25) is 0 Å². The molecule has 15 heavy (non-hydrogen) atoms. The Hall–Kier alpha value is -0.670. The first-order valence-corrected chi connectivity index (χ1v) is 7.06. The molecule has 0 radical (unpaired) electrons. The minimum atomic E-state index is 0.484. The molecule has 1 saturated heterocycles. The van der Waals surface area contributed by atoms with Crippen LogP contribution in [0, 0.1) is 0 Å². The van der Waals surface area contributed by atoms with Crippen molar-refractivity contribution < 1.29 is 4.74 Å². The lowest BCUT2D eigenvalue weighted by Crippen LogP contribution is -2.24. The third kappa shape index (κ3) is 2.67. The zero-order valence-electron chi connectivity index (χ0n) is 9.40. The third-order valence-corrected chi connectivity index (χ3v) is 4.88. The summed E-state index contributed by atoms with van der Waals surface area (Å²) in [5, 5.41) is 0. The number of methoxy groups -OCH3 is 1. The summed E-state index contributed by atoms with van der Waals surface area (Å²) in [6.07, 6.45) is 3.70. The summed E-state index contributed by atoms with van der Waals surface area (Å²) in [5.41, 5.74) is 1.39. The van der Waals surface area contributed by atoms with Crippen LogP contribution in [0.1, 0.15) is 12.0 Å². The van der Waals surface area contributed by atoms with E-state index in [0.717, 1.165) is 12.3 Å². The van der Waals surface area contributed by atoms with Gasteiger partial charge in [0.25, 0.3) is 0 Å². The molecular weight excluding hydrogens is 206 g/mol. The van der Waals surface area contributed by atoms with Crippen LogP contribution in [0.4, 0.5) is 0 Å². The highest BCUT2D eigenvalue weighted by Gasteiger charge is 2.29. The molecule has 0 aromatic heterocycles. The first-order chi connectivity index (χ1) is 7.29. The van der Waals surface area contributed by atoms with Gasteiger partial charge in [0.05, 0.1) is 24.7 Å². The van der Waals surface area contributed by atoms with Gasteiger partial charge in [-0.3, -0.25) is 0 Å². The Labute approximate surface area is 94.7 Å². The molecule has 0 amide bonds. The van der Waals surface area contributed by atoms with E-state index in [-0.39, 0.29) is 0 Å². The standard InChI is InChI=1S/C12H18NOS/c1-14-12-6-4-11(5-7-12)10-13-8-3-9-15(13)2/h4-7H,3,8-10H2,1-2H3/q+1. The van der Waals surface area contributed by atoms with Crippen molar-refractivity contribution in [2.24, 2.45) is 0 Å². The molecular formula is C12H18NOS+. The van der Waals surface area contributed by atoms with Crippen molar-refractivity contribution >= 4 is 11.1 Å². The second-order valence-corrected chi connectivity index (χ2v) is 5.99. The van der Waals surface area contributed by atoms with Gasteiger partial charge in [0, 0.05) is 13.0 Å². The molecule has 0 N–H and O–H groups in total. The van der Waals surface area contributed by atoms with Gasteiger partial charge >= 0.3 is 0 Å². The first-order valence-electron chi connectivity index (χ1n) is 5.30. The number of hydrogen-bond acceptors (Lipinski definition) is 2. The largest absolute Gasteiger partial charge is 0.497 e. The SMILES string of the molecule is COc1ccc(CN2CCC[S+]2C)cc1. The Morgan fingerprint density at radius 2 is 2.07 bits per heavy atom. The topological polar surface area (TPSA) is 12.5 Å². The van der Waals surface area contributed by atoms with E-state index in [9.17, 15) is 0 Å². The van der Waals surface area contributed by atoms with Crippen LogP contribution in [0.2, 0.25) is 0 Å². The molecule has 1 aromatic carbocycles. The molecule has 1 fully saturated rings. The zero-order chi connectivity index (χ0) is 10.7. The van der Waals surface area contributed by atoms with Crippen LogP contribution in [0.5, 0.6) is 5.75 Å². The Balaban J connectivity index is 1.98. The van der Waals surface area contributed by atoms with Crippen LogP contribution < -0.4 is 4.74 Å². The van der Waals surface area contributed by atoms with E-state index in [0.29, 0.717) is 11.1 Å². The molecule has 1 atom stereocenters.